The molecule has 1 aliphatic carbocycles. The van der Waals surface area contributed by atoms with Crippen LogP contribution in [0.2, 0.25) is 0 Å². The summed E-state index contributed by atoms with van der Waals surface area (Å²) in [5.74, 6) is 0.914. The Hall–Kier alpha value is -3.53. The number of pyridine rings is 1. The summed E-state index contributed by atoms with van der Waals surface area (Å²) in [6.45, 7) is -0.280. The van der Waals surface area contributed by atoms with Crippen LogP contribution >= 0.6 is 0 Å². The normalized spacial score (nSPS) is 14.4. The van der Waals surface area contributed by atoms with Gasteiger partial charge in [0.1, 0.15) is 12.0 Å². The van der Waals surface area contributed by atoms with E-state index in [-0.39, 0.29) is 18.1 Å². The maximum Gasteiger partial charge on any atom is 0.289 e. The smallest absolute Gasteiger partial charge is 0.289 e. The number of halogens is 1. The molecule has 9 nitrogen and oxygen atoms in total. The molecule has 4 N–H and O–H groups in total. The molecular weight excluding hydrogens is 379 g/mol. The van der Waals surface area contributed by atoms with Crippen LogP contribution in [-0.2, 0) is 0 Å². The summed E-state index contributed by atoms with van der Waals surface area (Å²) in [7, 11) is 0. The van der Waals surface area contributed by atoms with Crippen molar-refractivity contribution in [1.82, 2.24) is 15.2 Å². The van der Waals surface area contributed by atoms with Gasteiger partial charge in [0.05, 0.1) is 23.3 Å². The Morgan fingerprint density at radius 3 is 2.72 bits per heavy atom. The SMILES string of the molecule is O=[N+]([O-])c1cnc(NC(CO)c2ccc(F)cc2)c(Nc2cc(C3CC3)[nH]n2)c1. The molecule has 0 spiro atoms. The van der Waals surface area contributed by atoms with Gasteiger partial charge in [0.15, 0.2) is 11.6 Å². The van der Waals surface area contributed by atoms with Crippen molar-refractivity contribution >= 4 is 23.0 Å². The average Bonchev–Trinajstić information content (AvgIpc) is 3.47. The van der Waals surface area contributed by atoms with E-state index >= 15 is 0 Å². The number of aliphatic hydroxyl groups is 1. The molecule has 0 radical (unpaired) electrons. The Labute approximate surface area is 165 Å². The van der Waals surface area contributed by atoms with Crippen LogP contribution in [0.1, 0.15) is 36.1 Å². The topological polar surface area (TPSA) is 129 Å². The molecule has 150 valence electrons. The minimum absolute atomic E-state index is 0.182. The lowest BCUT2D eigenvalue weighted by Gasteiger charge is -2.19. The third kappa shape index (κ3) is 4.32. The second-order valence-corrected chi connectivity index (χ2v) is 6.89. The molecule has 10 heteroatoms. The maximum absolute atomic E-state index is 13.2. The highest BCUT2D eigenvalue weighted by atomic mass is 19.1. The van der Waals surface area contributed by atoms with Crippen LogP contribution in [-0.4, -0.2) is 31.8 Å². The zero-order chi connectivity index (χ0) is 20.4. The van der Waals surface area contributed by atoms with E-state index in [4.69, 9.17) is 0 Å². The number of nitrogens with one attached hydrogen (secondary N) is 3. The van der Waals surface area contributed by atoms with Crippen molar-refractivity contribution in [2.45, 2.75) is 24.8 Å². The van der Waals surface area contributed by atoms with E-state index in [1.54, 1.807) is 12.1 Å². The third-order valence-electron chi connectivity index (χ3n) is 4.73. The van der Waals surface area contributed by atoms with Crippen LogP contribution in [0.5, 0.6) is 0 Å². The summed E-state index contributed by atoms with van der Waals surface area (Å²) in [5, 5.41) is 34.2. The molecule has 0 amide bonds. The maximum atomic E-state index is 13.2. The third-order valence-corrected chi connectivity index (χ3v) is 4.73. The molecule has 1 aromatic carbocycles. The van der Waals surface area contributed by atoms with Crippen molar-refractivity contribution < 1.29 is 14.4 Å². The Kier molecular flexibility index (Phi) is 5.09. The first-order chi connectivity index (χ1) is 14.0. The standard InChI is InChI=1S/C19H19FN6O3/c20-13-5-3-12(4-6-13)17(10-27)23-19-16(7-14(9-21-19)26(28)29)22-18-8-15(24-25-18)11-1-2-11/h3-9,11,17,27H,1-2,10H2,(H,21,23)(H2,22,24,25). The number of nitro groups is 1. The molecular formula is C19H19FN6O3. The number of benzene rings is 1. The Bertz CT molecular complexity index is 1020. The summed E-state index contributed by atoms with van der Waals surface area (Å²) in [4.78, 5) is 14.8. The molecule has 3 aromatic rings. The summed E-state index contributed by atoms with van der Waals surface area (Å²) >= 11 is 0. The second kappa shape index (κ2) is 7.84. The molecule has 2 aromatic heterocycles. The lowest BCUT2D eigenvalue weighted by Crippen LogP contribution is -2.16. The molecule has 1 saturated carbocycles. The van der Waals surface area contributed by atoms with E-state index < -0.39 is 11.0 Å². The molecule has 1 fully saturated rings. The fourth-order valence-electron chi connectivity index (χ4n) is 3.00. The molecule has 0 saturated heterocycles. The van der Waals surface area contributed by atoms with E-state index in [9.17, 15) is 19.6 Å². The van der Waals surface area contributed by atoms with Crippen LogP contribution in [0.25, 0.3) is 0 Å². The van der Waals surface area contributed by atoms with Gasteiger partial charge in [0, 0.05) is 23.7 Å². The monoisotopic (exact) mass is 398 g/mol. The van der Waals surface area contributed by atoms with Gasteiger partial charge >= 0.3 is 0 Å². The van der Waals surface area contributed by atoms with E-state index in [0.717, 1.165) is 24.7 Å². The van der Waals surface area contributed by atoms with Crippen molar-refractivity contribution in [3.05, 3.63) is 69.8 Å². The zero-order valence-corrected chi connectivity index (χ0v) is 15.3. The highest BCUT2D eigenvalue weighted by molar-refractivity contribution is 5.72. The number of anilines is 3. The number of aromatic nitrogens is 3. The van der Waals surface area contributed by atoms with E-state index in [2.05, 4.69) is 25.8 Å². The fraction of sp³-hybridized carbons (Fsp3) is 0.263. The van der Waals surface area contributed by atoms with Gasteiger partial charge in [-0.25, -0.2) is 9.37 Å². The van der Waals surface area contributed by atoms with Crippen molar-refractivity contribution in [3.8, 4) is 0 Å². The number of nitrogens with zero attached hydrogens (tertiary/aromatic N) is 3. The van der Waals surface area contributed by atoms with Gasteiger partial charge in [0.2, 0.25) is 0 Å². The predicted octanol–water partition coefficient (Wildman–Crippen LogP) is 3.62. The second-order valence-electron chi connectivity index (χ2n) is 6.89. The van der Waals surface area contributed by atoms with Crippen molar-refractivity contribution in [1.29, 1.82) is 0 Å². The summed E-state index contributed by atoms with van der Waals surface area (Å²) in [6, 6.07) is 8.33. The van der Waals surface area contributed by atoms with Crippen molar-refractivity contribution in [2.75, 3.05) is 17.2 Å². The van der Waals surface area contributed by atoms with Gasteiger partial charge in [-0.1, -0.05) is 12.1 Å². The summed E-state index contributed by atoms with van der Waals surface area (Å²) < 4.78 is 13.2. The molecule has 0 aliphatic heterocycles. The first-order valence-corrected chi connectivity index (χ1v) is 9.13. The first-order valence-electron chi connectivity index (χ1n) is 9.13. The zero-order valence-electron chi connectivity index (χ0n) is 15.3. The predicted molar refractivity (Wildman–Crippen MR) is 105 cm³/mol. The minimum atomic E-state index is -0.577. The quantitative estimate of drug-likeness (QED) is 0.337. The van der Waals surface area contributed by atoms with Gasteiger partial charge in [-0.15, -0.1) is 0 Å². The number of aromatic amines is 1. The van der Waals surface area contributed by atoms with Crippen LogP contribution in [0, 0.1) is 15.9 Å². The van der Waals surface area contributed by atoms with Crippen molar-refractivity contribution in [3.63, 3.8) is 0 Å². The number of rotatable bonds is 8. The van der Waals surface area contributed by atoms with Crippen molar-refractivity contribution in [2.24, 2.45) is 0 Å². The van der Waals surface area contributed by atoms with Crippen LogP contribution < -0.4 is 10.6 Å². The lowest BCUT2D eigenvalue weighted by atomic mass is 10.1. The molecule has 1 unspecified atom stereocenters. The Morgan fingerprint density at radius 1 is 1.31 bits per heavy atom. The fourth-order valence-corrected chi connectivity index (χ4v) is 3.00. The molecule has 1 atom stereocenters. The Morgan fingerprint density at radius 2 is 2.07 bits per heavy atom. The van der Waals surface area contributed by atoms with Gasteiger partial charge in [-0.2, -0.15) is 5.10 Å². The molecule has 4 rings (SSSR count). The minimum Gasteiger partial charge on any atom is -0.394 e. The highest BCUT2D eigenvalue weighted by Gasteiger charge is 2.26. The number of hydrogen-bond donors (Lipinski definition) is 4. The van der Waals surface area contributed by atoms with Crippen LogP contribution in [0.15, 0.2) is 42.6 Å². The highest BCUT2D eigenvalue weighted by Crippen LogP contribution is 2.40. The van der Waals surface area contributed by atoms with E-state index in [0.29, 0.717) is 28.8 Å². The first kappa shape index (κ1) is 18.8. The van der Waals surface area contributed by atoms with Crippen LogP contribution in [0.4, 0.5) is 27.4 Å². The van der Waals surface area contributed by atoms with Gasteiger partial charge in [0.25, 0.3) is 5.69 Å². The summed E-state index contributed by atoms with van der Waals surface area (Å²) in [5.41, 5.74) is 1.82. The number of H-pyrrole nitrogens is 1. The molecule has 2 heterocycles. The molecule has 29 heavy (non-hydrogen) atoms. The van der Waals surface area contributed by atoms with Gasteiger partial charge in [-0.3, -0.25) is 15.2 Å². The van der Waals surface area contributed by atoms with E-state index in [1.807, 2.05) is 6.07 Å². The molecule has 0 bridgehead atoms. The average molecular weight is 398 g/mol. The lowest BCUT2D eigenvalue weighted by molar-refractivity contribution is -0.385. The number of aliphatic hydroxyl groups excluding tert-OH is 1. The summed E-state index contributed by atoms with van der Waals surface area (Å²) in [6.07, 6.45) is 3.36. The van der Waals surface area contributed by atoms with E-state index in [1.165, 1.54) is 18.2 Å². The van der Waals surface area contributed by atoms with Gasteiger partial charge in [-0.05, 0) is 30.5 Å². The largest absolute Gasteiger partial charge is 0.394 e. The van der Waals surface area contributed by atoms with Gasteiger partial charge < -0.3 is 15.7 Å². The number of hydrogen-bond acceptors (Lipinski definition) is 7. The molecule has 1 aliphatic rings. The van der Waals surface area contributed by atoms with Crippen LogP contribution in [0.3, 0.4) is 0 Å². The Balaban J connectivity index is 1.61.